The molecule has 202 valence electrons. The molecule has 0 N–H and O–H groups in total. The summed E-state index contributed by atoms with van der Waals surface area (Å²) in [6, 6.07) is 10.9. The summed E-state index contributed by atoms with van der Waals surface area (Å²) in [4.78, 5) is 29.9. The summed E-state index contributed by atoms with van der Waals surface area (Å²) in [6.07, 6.45) is 5.55. The molecule has 1 aromatic heterocycles. The Hall–Kier alpha value is -3.26. The minimum absolute atomic E-state index is 0.131. The summed E-state index contributed by atoms with van der Waals surface area (Å²) in [5.74, 6) is 1.95. The molecule has 0 bridgehead atoms. The maximum Gasteiger partial charge on any atom is 0.338 e. The van der Waals surface area contributed by atoms with Crippen molar-refractivity contribution in [3.05, 3.63) is 58.4 Å². The molecule has 0 aliphatic carbocycles. The number of sulfonamides is 1. The van der Waals surface area contributed by atoms with Gasteiger partial charge in [0.1, 0.15) is 0 Å². The number of hydrogen-bond acceptors (Lipinski definition) is 6. The van der Waals surface area contributed by atoms with Crippen LogP contribution in [0.25, 0.3) is 10.2 Å². The van der Waals surface area contributed by atoms with Gasteiger partial charge in [-0.1, -0.05) is 45.0 Å². The third-order valence-corrected chi connectivity index (χ3v) is 8.40. The number of nitrogens with zero attached hydrogens (tertiary/aromatic N) is 3. The Morgan fingerprint density at radius 1 is 1.05 bits per heavy atom. The first-order chi connectivity index (χ1) is 18.0. The van der Waals surface area contributed by atoms with Crippen LogP contribution in [0, 0.1) is 24.2 Å². The number of carbonyl (C=O) groups excluding carboxylic acids is 2. The maximum absolute atomic E-state index is 13.3. The van der Waals surface area contributed by atoms with Gasteiger partial charge in [-0.05, 0) is 61.2 Å². The highest BCUT2D eigenvalue weighted by Gasteiger charge is 2.26. The predicted octanol–water partition coefficient (Wildman–Crippen LogP) is 4.56. The van der Waals surface area contributed by atoms with Crippen LogP contribution in [-0.4, -0.2) is 48.9 Å². The predicted molar refractivity (Wildman–Crippen MR) is 149 cm³/mol. The first kappa shape index (κ1) is 29.3. The fraction of sp³-hybridized carbons (Fsp3) is 0.393. The monoisotopic (exact) mass is 555 g/mol. The number of ether oxygens (including phenoxy) is 1. The number of carbonyl (C=O) groups is 2. The minimum atomic E-state index is -3.71. The molecule has 2 aromatic carbocycles. The molecule has 0 atom stereocenters. The number of terminal acetylenes is 1. The molecule has 0 radical (unpaired) electrons. The van der Waals surface area contributed by atoms with Crippen LogP contribution in [0.3, 0.4) is 0 Å². The van der Waals surface area contributed by atoms with Crippen molar-refractivity contribution < 1.29 is 22.7 Å². The van der Waals surface area contributed by atoms with Gasteiger partial charge in [-0.15, -0.1) is 6.42 Å². The smallest absolute Gasteiger partial charge is 0.338 e. The Bertz CT molecular complexity index is 1520. The van der Waals surface area contributed by atoms with E-state index in [-0.39, 0.29) is 35.4 Å². The molecule has 38 heavy (non-hydrogen) atoms. The highest BCUT2D eigenvalue weighted by atomic mass is 32.2. The van der Waals surface area contributed by atoms with E-state index in [0.717, 1.165) is 10.2 Å². The van der Waals surface area contributed by atoms with E-state index in [4.69, 9.17) is 11.2 Å². The quantitative estimate of drug-likeness (QED) is 0.270. The summed E-state index contributed by atoms with van der Waals surface area (Å²) in [7, 11) is -3.71. The van der Waals surface area contributed by atoms with Gasteiger partial charge in [-0.25, -0.2) is 13.2 Å². The van der Waals surface area contributed by atoms with Crippen LogP contribution in [0.2, 0.25) is 0 Å². The Balaban J connectivity index is 1.96. The van der Waals surface area contributed by atoms with Gasteiger partial charge in [0.25, 0.3) is 5.91 Å². The zero-order valence-electron chi connectivity index (χ0n) is 22.3. The molecule has 3 rings (SSSR count). The molecule has 1 heterocycles. The van der Waals surface area contributed by atoms with Gasteiger partial charge < -0.3 is 9.30 Å². The number of rotatable bonds is 10. The Kier molecular flexibility index (Phi) is 9.66. The molecule has 0 fully saturated rings. The minimum Gasteiger partial charge on any atom is -0.462 e. The lowest BCUT2D eigenvalue weighted by molar-refractivity contribution is 0.0526. The number of amides is 1. The SMILES string of the molecule is C#CCn1c(=NC(=O)c2ccc(S(=O)(=O)N(CC(C)C)CC(C)C)cc2)sc2cc(C(=O)OCC)ccc21. The summed E-state index contributed by atoms with van der Waals surface area (Å²) in [5.41, 5.74) is 1.39. The summed E-state index contributed by atoms with van der Waals surface area (Å²) in [6.45, 7) is 10.9. The van der Waals surface area contributed by atoms with E-state index in [9.17, 15) is 18.0 Å². The van der Waals surface area contributed by atoms with Crippen LogP contribution in [-0.2, 0) is 21.3 Å². The first-order valence-electron chi connectivity index (χ1n) is 12.4. The standard InChI is InChI=1S/C28H33N3O5S2/c1-7-15-31-24-14-11-22(27(33)36-8-2)16-25(24)37-28(31)29-26(32)21-9-12-23(13-10-21)38(34,35)30(17-19(3)4)18-20(5)6/h1,9-14,16,19-20H,8,15,17-18H2,2-6H3. The molecule has 10 heteroatoms. The molecular weight excluding hydrogens is 522 g/mol. The molecule has 0 unspecified atom stereocenters. The summed E-state index contributed by atoms with van der Waals surface area (Å²) >= 11 is 1.23. The molecule has 3 aromatic rings. The largest absolute Gasteiger partial charge is 0.462 e. The second-order valence-electron chi connectivity index (χ2n) is 9.63. The number of hydrogen-bond donors (Lipinski definition) is 0. The van der Waals surface area contributed by atoms with E-state index in [0.29, 0.717) is 23.5 Å². The molecular formula is C28H33N3O5S2. The van der Waals surface area contributed by atoms with E-state index in [1.165, 1.54) is 39.9 Å². The van der Waals surface area contributed by atoms with Crippen LogP contribution in [0.5, 0.6) is 0 Å². The van der Waals surface area contributed by atoms with Gasteiger partial charge >= 0.3 is 5.97 Å². The highest BCUT2D eigenvalue weighted by Crippen LogP contribution is 2.22. The van der Waals surface area contributed by atoms with E-state index in [1.807, 2.05) is 27.7 Å². The Morgan fingerprint density at radius 2 is 1.66 bits per heavy atom. The van der Waals surface area contributed by atoms with Gasteiger partial charge in [-0.3, -0.25) is 4.79 Å². The van der Waals surface area contributed by atoms with Crippen molar-refractivity contribution in [1.29, 1.82) is 0 Å². The fourth-order valence-corrected chi connectivity index (χ4v) is 6.73. The number of benzene rings is 2. The van der Waals surface area contributed by atoms with Crippen molar-refractivity contribution in [2.75, 3.05) is 19.7 Å². The number of thiazole rings is 1. The van der Waals surface area contributed by atoms with Crippen LogP contribution in [0.4, 0.5) is 0 Å². The second-order valence-corrected chi connectivity index (χ2v) is 12.6. The highest BCUT2D eigenvalue weighted by molar-refractivity contribution is 7.89. The van der Waals surface area contributed by atoms with Crippen molar-refractivity contribution in [3.8, 4) is 12.3 Å². The molecule has 0 saturated carbocycles. The van der Waals surface area contributed by atoms with E-state index in [1.54, 1.807) is 29.7 Å². The topological polar surface area (TPSA) is 98.0 Å². The van der Waals surface area contributed by atoms with Crippen molar-refractivity contribution in [2.24, 2.45) is 16.8 Å². The lowest BCUT2D eigenvalue weighted by Crippen LogP contribution is -2.37. The van der Waals surface area contributed by atoms with Crippen LogP contribution in [0.1, 0.15) is 55.3 Å². The van der Waals surface area contributed by atoms with Gasteiger partial charge in [0, 0.05) is 18.7 Å². The van der Waals surface area contributed by atoms with Crippen LogP contribution in [0.15, 0.2) is 52.4 Å². The summed E-state index contributed by atoms with van der Waals surface area (Å²) < 4.78 is 35.6. The normalized spacial score (nSPS) is 12.4. The zero-order chi connectivity index (χ0) is 28.0. The average molecular weight is 556 g/mol. The second kappa shape index (κ2) is 12.5. The van der Waals surface area contributed by atoms with Gasteiger partial charge in [-0.2, -0.15) is 9.30 Å². The van der Waals surface area contributed by atoms with Crippen LogP contribution < -0.4 is 4.80 Å². The molecule has 0 spiro atoms. The first-order valence-corrected chi connectivity index (χ1v) is 14.7. The third kappa shape index (κ3) is 6.78. The van der Waals surface area contributed by atoms with Crippen molar-refractivity contribution >= 4 is 43.5 Å². The van der Waals surface area contributed by atoms with Crippen LogP contribution >= 0.6 is 11.3 Å². The number of aromatic nitrogens is 1. The lowest BCUT2D eigenvalue weighted by Gasteiger charge is -2.25. The average Bonchev–Trinajstić information content (AvgIpc) is 3.19. The van der Waals surface area contributed by atoms with Gasteiger partial charge in [0.15, 0.2) is 4.80 Å². The maximum atomic E-state index is 13.3. The van der Waals surface area contributed by atoms with E-state index < -0.39 is 21.9 Å². The molecule has 8 nitrogen and oxygen atoms in total. The van der Waals surface area contributed by atoms with Crippen molar-refractivity contribution in [3.63, 3.8) is 0 Å². The third-order valence-electron chi connectivity index (χ3n) is 5.52. The van der Waals surface area contributed by atoms with E-state index in [2.05, 4.69) is 10.9 Å². The number of fused-ring (bicyclic) bond motifs is 1. The van der Waals surface area contributed by atoms with Crippen molar-refractivity contribution in [1.82, 2.24) is 8.87 Å². The van der Waals surface area contributed by atoms with Gasteiger partial charge in [0.2, 0.25) is 10.0 Å². The Morgan fingerprint density at radius 3 is 2.21 bits per heavy atom. The lowest BCUT2D eigenvalue weighted by atomic mass is 10.2. The van der Waals surface area contributed by atoms with E-state index >= 15 is 0 Å². The molecule has 0 aliphatic rings. The Labute approximate surface area is 228 Å². The molecule has 0 aliphatic heterocycles. The molecule has 1 amide bonds. The number of esters is 1. The molecule has 0 saturated heterocycles. The zero-order valence-corrected chi connectivity index (χ0v) is 23.9. The van der Waals surface area contributed by atoms with Gasteiger partial charge in [0.05, 0.1) is 33.8 Å². The van der Waals surface area contributed by atoms with Crippen molar-refractivity contribution in [2.45, 2.75) is 46.1 Å². The summed E-state index contributed by atoms with van der Waals surface area (Å²) in [5, 5.41) is 0. The fourth-order valence-electron chi connectivity index (χ4n) is 3.90.